The molecule has 2 amide bonds. The predicted molar refractivity (Wildman–Crippen MR) is 92.7 cm³/mol. The van der Waals surface area contributed by atoms with Gasteiger partial charge in [0.1, 0.15) is 0 Å². The first-order chi connectivity index (χ1) is 11.6. The highest BCUT2D eigenvalue weighted by Crippen LogP contribution is 2.36. The van der Waals surface area contributed by atoms with E-state index in [4.69, 9.17) is 0 Å². The van der Waals surface area contributed by atoms with Crippen LogP contribution in [0.5, 0.6) is 0 Å². The van der Waals surface area contributed by atoms with Crippen molar-refractivity contribution in [1.29, 1.82) is 0 Å². The van der Waals surface area contributed by atoms with Crippen molar-refractivity contribution in [2.75, 3.05) is 38.1 Å². The fourth-order valence-electron chi connectivity index (χ4n) is 4.20. The summed E-state index contributed by atoms with van der Waals surface area (Å²) >= 11 is 0. The predicted octanol–water partition coefficient (Wildman–Crippen LogP) is 1.74. The maximum absolute atomic E-state index is 12.6. The number of nitrogens with zero attached hydrogens (tertiary/aromatic N) is 3. The first-order valence-corrected chi connectivity index (χ1v) is 8.94. The monoisotopic (exact) mass is 327 g/mol. The van der Waals surface area contributed by atoms with Crippen molar-refractivity contribution in [2.45, 2.75) is 31.2 Å². The van der Waals surface area contributed by atoms with E-state index in [1.807, 2.05) is 47.2 Å². The second-order valence-corrected chi connectivity index (χ2v) is 7.53. The molecule has 1 aromatic rings. The highest BCUT2D eigenvalue weighted by molar-refractivity contribution is 5.96. The molecule has 1 spiro atoms. The van der Waals surface area contributed by atoms with Gasteiger partial charge in [0.05, 0.1) is 12.1 Å². The van der Waals surface area contributed by atoms with Crippen LogP contribution < -0.4 is 4.90 Å². The molecule has 3 fully saturated rings. The Balaban J connectivity index is 1.53. The zero-order valence-electron chi connectivity index (χ0n) is 14.3. The Hall–Kier alpha value is -1.88. The molecule has 4 rings (SSSR count). The van der Waals surface area contributed by atoms with Crippen molar-refractivity contribution in [3.05, 3.63) is 30.3 Å². The fraction of sp³-hybridized carbons (Fsp3) is 0.579. The lowest BCUT2D eigenvalue weighted by Crippen LogP contribution is -2.64. The molecule has 0 N–H and O–H groups in total. The summed E-state index contributed by atoms with van der Waals surface area (Å²) in [5.41, 5.74) is 0.849. The van der Waals surface area contributed by atoms with E-state index in [0.29, 0.717) is 19.0 Å². The van der Waals surface area contributed by atoms with Crippen molar-refractivity contribution >= 4 is 17.5 Å². The highest BCUT2D eigenvalue weighted by Gasteiger charge is 2.49. The largest absolute Gasteiger partial charge is 0.340 e. The molecule has 1 aromatic carbocycles. The zero-order chi connectivity index (χ0) is 16.7. The first kappa shape index (κ1) is 15.6. The van der Waals surface area contributed by atoms with E-state index in [2.05, 4.69) is 4.90 Å². The number of likely N-dealkylation sites (N-methyl/N-ethyl adjacent to an activating group) is 1. The number of carbonyl (C=O) groups excluding carboxylic acids is 2. The Morgan fingerprint density at radius 2 is 1.92 bits per heavy atom. The van der Waals surface area contributed by atoms with Crippen molar-refractivity contribution < 1.29 is 9.59 Å². The maximum atomic E-state index is 12.6. The maximum Gasteiger partial charge on any atom is 0.241 e. The summed E-state index contributed by atoms with van der Waals surface area (Å²) in [5, 5.41) is 0. The molecule has 24 heavy (non-hydrogen) atoms. The lowest BCUT2D eigenvalue weighted by molar-refractivity contribution is -0.137. The van der Waals surface area contributed by atoms with Crippen LogP contribution in [-0.4, -0.2) is 60.4 Å². The molecule has 2 aliphatic heterocycles. The molecule has 1 atom stereocenters. The standard InChI is InChI=1S/C19H25N3O2/c1-20-12-17(23)22(16-8-3-2-4-9-16)14-19(20)10-11-21(13-19)18(24)15-6-5-7-15/h2-4,8-9,15H,5-7,10-14H2,1H3/t19-/m1/s1. The highest BCUT2D eigenvalue weighted by atomic mass is 16.2. The van der Waals surface area contributed by atoms with Gasteiger partial charge in [0, 0.05) is 31.2 Å². The summed E-state index contributed by atoms with van der Waals surface area (Å²) < 4.78 is 0. The molecule has 0 radical (unpaired) electrons. The van der Waals surface area contributed by atoms with Gasteiger partial charge < -0.3 is 9.80 Å². The van der Waals surface area contributed by atoms with Crippen LogP contribution in [0.15, 0.2) is 30.3 Å². The lowest BCUT2D eigenvalue weighted by Gasteiger charge is -2.47. The summed E-state index contributed by atoms with van der Waals surface area (Å²) in [5.74, 6) is 0.716. The summed E-state index contributed by atoms with van der Waals surface area (Å²) in [6, 6.07) is 9.88. The third kappa shape index (κ3) is 2.51. The van der Waals surface area contributed by atoms with E-state index in [-0.39, 0.29) is 17.4 Å². The Labute approximate surface area is 143 Å². The third-order valence-electron chi connectivity index (χ3n) is 6.10. The van der Waals surface area contributed by atoms with Crippen LogP contribution in [0.4, 0.5) is 5.69 Å². The number of anilines is 1. The van der Waals surface area contributed by atoms with Crippen molar-refractivity contribution in [3.63, 3.8) is 0 Å². The number of carbonyl (C=O) groups is 2. The van der Waals surface area contributed by atoms with Crippen molar-refractivity contribution in [3.8, 4) is 0 Å². The molecular formula is C19H25N3O2. The molecule has 1 saturated carbocycles. The van der Waals surface area contributed by atoms with Gasteiger partial charge in [-0.3, -0.25) is 14.5 Å². The second-order valence-electron chi connectivity index (χ2n) is 7.53. The SMILES string of the molecule is CN1CC(=O)N(c2ccccc2)C[C@]12CCN(C(=O)C1CCC1)C2. The molecule has 5 nitrogen and oxygen atoms in total. The van der Waals surface area contributed by atoms with Crippen LogP contribution in [0, 0.1) is 5.92 Å². The van der Waals surface area contributed by atoms with Crippen molar-refractivity contribution in [1.82, 2.24) is 9.80 Å². The molecular weight excluding hydrogens is 302 g/mol. The third-order valence-corrected chi connectivity index (χ3v) is 6.10. The summed E-state index contributed by atoms with van der Waals surface area (Å²) in [7, 11) is 2.03. The Morgan fingerprint density at radius 1 is 1.17 bits per heavy atom. The first-order valence-electron chi connectivity index (χ1n) is 8.94. The number of rotatable bonds is 2. The Morgan fingerprint density at radius 3 is 2.58 bits per heavy atom. The van der Waals surface area contributed by atoms with E-state index in [1.54, 1.807) is 0 Å². The number of para-hydroxylation sites is 1. The number of hydrogen-bond acceptors (Lipinski definition) is 3. The van der Waals surface area contributed by atoms with Crippen LogP contribution in [0.1, 0.15) is 25.7 Å². The van der Waals surface area contributed by atoms with Gasteiger partial charge in [0.15, 0.2) is 0 Å². The van der Waals surface area contributed by atoms with Gasteiger partial charge in [-0.05, 0) is 38.4 Å². The van der Waals surface area contributed by atoms with E-state index in [0.717, 1.165) is 38.0 Å². The van der Waals surface area contributed by atoms with Crippen molar-refractivity contribution in [2.24, 2.45) is 5.92 Å². The number of piperazine rings is 1. The minimum absolute atomic E-state index is 0.108. The fourth-order valence-corrected chi connectivity index (χ4v) is 4.20. The van der Waals surface area contributed by atoms with Gasteiger partial charge >= 0.3 is 0 Å². The van der Waals surface area contributed by atoms with Gasteiger partial charge in [-0.1, -0.05) is 24.6 Å². The van der Waals surface area contributed by atoms with Gasteiger partial charge in [-0.25, -0.2) is 0 Å². The number of likely N-dealkylation sites (tertiary alicyclic amines) is 1. The van der Waals surface area contributed by atoms with Crippen LogP contribution in [0.3, 0.4) is 0 Å². The van der Waals surface area contributed by atoms with Gasteiger partial charge in [-0.2, -0.15) is 0 Å². The van der Waals surface area contributed by atoms with E-state index in [9.17, 15) is 9.59 Å². The van der Waals surface area contributed by atoms with Gasteiger partial charge in [0.25, 0.3) is 0 Å². The number of hydrogen-bond donors (Lipinski definition) is 0. The normalized spacial score (nSPS) is 28.5. The molecule has 0 unspecified atom stereocenters. The van der Waals surface area contributed by atoms with Crippen LogP contribution in [0.2, 0.25) is 0 Å². The lowest BCUT2D eigenvalue weighted by atomic mass is 9.84. The smallest absolute Gasteiger partial charge is 0.241 e. The minimum Gasteiger partial charge on any atom is -0.340 e. The Bertz CT molecular complexity index is 643. The molecule has 0 aromatic heterocycles. The van der Waals surface area contributed by atoms with E-state index < -0.39 is 0 Å². The van der Waals surface area contributed by atoms with E-state index >= 15 is 0 Å². The molecule has 2 saturated heterocycles. The molecule has 0 bridgehead atoms. The average molecular weight is 327 g/mol. The molecule has 1 aliphatic carbocycles. The molecule has 3 aliphatic rings. The van der Waals surface area contributed by atoms with Gasteiger partial charge in [0.2, 0.25) is 11.8 Å². The summed E-state index contributed by atoms with van der Waals surface area (Å²) in [6.45, 7) is 2.65. The Kier molecular flexibility index (Phi) is 3.83. The summed E-state index contributed by atoms with van der Waals surface area (Å²) in [6.07, 6.45) is 4.23. The van der Waals surface area contributed by atoms with Crippen LogP contribution in [0.25, 0.3) is 0 Å². The van der Waals surface area contributed by atoms with Crippen LogP contribution in [-0.2, 0) is 9.59 Å². The quantitative estimate of drug-likeness (QED) is 0.831. The number of amides is 2. The molecule has 2 heterocycles. The molecule has 128 valence electrons. The summed E-state index contributed by atoms with van der Waals surface area (Å²) in [4.78, 5) is 31.2. The zero-order valence-corrected chi connectivity index (χ0v) is 14.3. The average Bonchev–Trinajstić information content (AvgIpc) is 2.96. The topological polar surface area (TPSA) is 43.9 Å². The number of benzene rings is 1. The molecule has 5 heteroatoms. The second kappa shape index (κ2) is 5.88. The van der Waals surface area contributed by atoms with E-state index in [1.165, 1.54) is 6.42 Å². The van der Waals surface area contributed by atoms with Gasteiger partial charge in [-0.15, -0.1) is 0 Å². The van der Waals surface area contributed by atoms with Crippen LogP contribution >= 0.6 is 0 Å². The minimum atomic E-state index is -0.108.